The fourth-order valence-electron chi connectivity index (χ4n) is 4.26. The number of hydrogen-bond acceptors (Lipinski definition) is 3. The number of hydrogen-bond donors (Lipinski definition) is 0. The zero-order valence-electron chi connectivity index (χ0n) is 15.5. The van der Waals surface area contributed by atoms with Crippen LogP contribution in [-0.4, -0.2) is 33.9 Å². The molecule has 2 unspecified atom stereocenters. The lowest BCUT2D eigenvalue weighted by molar-refractivity contribution is 0.0912. The zero-order chi connectivity index (χ0) is 18.6. The first-order chi connectivity index (χ1) is 12.4. The molecular formula is C21H28NO3S+. The Balaban J connectivity index is 2.00. The molecule has 0 spiro atoms. The molecule has 0 radical (unpaired) electrons. The van der Waals surface area contributed by atoms with Crippen LogP contribution in [0.15, 0.2) is 60.7 Å². The van der Waals surface area contributed by atoms with Gasteiger partial charge in [0.15, 0.2) is 0 Å². The highest BCUT2D eigenvalue weighted by atomic mass is 32.2. The highest BCUT2D eigenvalue weighted by Gasteiger charge is 2.42. The topological polar surface area (TPSA) is 43.4 Å². The molecule has 2 aromatic carbocycles. The predicted octanol–water partition coefficient (Wildman–Crippen LogP) is 4.49. The fraction of sp³-hybridized carbons (Fsp3) is 0.429. The van der Waals surface area contributed by atoms with Crippen molar-refractivity contribution in [3.05, 3.63) is 60.7 Å². The van der Waals surface area contributed by atoms with Crippen molar-refractivity contribution in [3.63, 3.8) is 0 Å². The minimum absolute atomic E-state index is 0.198. The van der Waals surface area contributed by atoms with E-state index in [-0.39, 0.29) is 12.0 Å². The van der Waals surface area contributed by atoms with E-state index < -0.39 is 10.1 Å². The second-order valence-corrected chi connectivity index (χ2v) is 8.80. The highest BCUT2D eigenvalue weighted by molar-refractivity contribution is 7.86. The number of para-hydroxylation sites is 2. The van der Waals surface area contributed by atoms with Crippen LogP contribution in [0.3, 0.4) is 0 Å². The third kappa shape index (κ3) is 4.17. The van der Waals surface area contributed by atoms with E-state index in [4.69, 9.17) is 4.18 Å². The molecule has 5 heteroatoms. The highest BCUT2D eigenvalue weighted by Crippen LogP contribution is 2.41. The first-order valence-corrected chi connectivity index (χ1v) is 11.1. The largest absolute Gasteiger partial charge is 0.266 e. The molecule has 1 fully saturated rings. The maximum Gasteiger partial charge on any atom is 0.264 e. The van der Waals surface area contributed by atoms with Crippen molar-refractivity contribution in [1.82, 2.24) is 4.48 Å². The smallest absolute Gasteiger partial charge is 0.264 e. The molecular weight excluding hydrogens is 346 g/mol. The van der Waals surface area contributed by atoms with E-state index in [0.29, 0.717) is 6.42 Å². The van der Waals surface area contributed by atoms with Gasteiger partial charge >= 0.3 is 0 Å². The average molecular weight is 375 g/mol. The lowest BCUT2D eigenvalue weighted by Gasteiger charge is -2.45. The van der Waals surface area contributed by atoms with Gasteiger partial charge in [-0.1, -0.05) is 43.3 Å². The van der Waals surface area contributed by atoms with Crippen molar-refractivity contribution >= 4 is 21.5 Å². The molecule has 0 aromatic heterocycles. The molecule has 0 saturated carbocycles. The van der Waals surface area contributed by atoms with Gasteiger partial charge < -0.3 is 0 Å². The van der Waals surface area contributed by atoms with Crippen LogP contribution in [0.2, 0.25) is 0 Å². The Morgan fingerprint density at radius 2 is 1.58 bits per heavy atom. The maximum atomic E-state index is 11.7. The molecule has 1 heterocycles. The van der Waals surface area contributed by atoms with Gasteiger partial charge in [-0.05, 0) is 43.5 Å². The van der Waals surface area contributed by atoms with E-state index in [2.05, 4.69) is 48.5 Å². The van der Waals surface area contributed by atoms with Gasteiger partial charge in [-0.15, -0.1) is 0 Å². The van der Waals surface area contributed by atoms with Crippen molar-refractivity contribution in [2.75, 3.05) is 19.3 Å². The normalized spacial score (nSPS) is 21.2. The first kappa shape index (κ1) is 19.1. The number of benzene rings is 2. The average Bonchev–Trinajstić information content (AvgIpc) is 2.67. The first-order valence-electron chi connectivity index (χ1n) is 9.31. The van der Waals surface area contributed by atoms with Gasteiger partial charge in [-0.25, -0.2) is 0 Å². The molecule has 1 saturated heterocycles. The molecule has 0 N–H and O–H groups in total. The Hall–Kier alpha value is -1.69. The van der Waals surface area contributed by atoms with Crippen LogP contribution in [0.5, 0.6) is 0 Å². The van der Waals surface area contributed by atoms with E-state index in [9.17, 15) is 8.42 Å². The van der Waals surface area contributed by atoms with Gasteiger partial charge in [0.2, 0.25) is 0 Å². The summed E-state index contributed by atoms with van der Waals surface area (Å²) in [7, 11) is -3.46. The van der Waals surface area contributed by atoms with E-state index in [1.54, 1.807) is 0 Å². The summed E-state index contributed by atoms with van der Waals surface area (Å²) in [6.07, 6.45) is 3.61. The molecule has 4 nitrogen and oxygen atoms in total. The van der Waals surface area contributed by atoms with Gasteiger partial charge in [0, 0.05) is 5.92 Å². The summed E-state index contributed by atoms with van der Waals surface area (Å²) in [5.74, 6) is 0.198. The molecule has 2 atom stereocenters. The molecule has 26 heavy (non-hydrogen) atoms. The third-order valence-corrected chi connectivity index (χ3v) is 5.99. The van der Waals surface area contributed by atoms with E-state index in [0.717, 1.165) is 36.7 Å². The van der Waals surface area contributed by atoms with Crippen LogP contribution in [0.4, 0.5) is 11.4 Å². The van der Waals surface area contributed by atoms with Crippen molar-refractivity contribution in [2.45, 2.75) is 32.3 Å². The molecule has 0 amide bonds. The second-order valence-electron chi connectivity index (χ2n) is 7.19. The molecule has 1 aliphatic heterocycles. The molecule has 3 rings (SSSR count). The van der Waals surface area contributed by atoms with Gasteiger partial charge in [-0.2, -0.15) is 8.42 Å². The number of nitrogens with zero attached hydrogens (tertiary/aromatic N) is 1. The summed E-state index contributed by atoms with van der Waals surface area (Å²) in [6, 6.07) is 21.1. The van der Waals surface area contributed by atoms with E-state index in [1.807, 2.05) is 19.1 Å². The monoisotopic (exact) mass is 374 g/mol. The quantitative estimate of drug-likeness (QED) is 0.553. The zero-order valence-corrected chi connectivity index (χ0v) is 16.4. The van der Waals surface area contributed by atoms with Crippen molar-refractivity contribution in [2.24, 2.45) is 5.92 Å². The standard InChI is InChI=1S/C21H28NO3S/c1-3-21(25-26(2,23)24)18-11-10-16-22(17-18,19-12-6-4-7-13-19)20-14-8-5-9-15-20/h4-9,12-15,18,21H,3,10-11,16-17H2,1-2H3/q+1. The Labute approximate surface area is 157 Å². The van der Waals surface area contributed by atoms with Crippen molar-refractivity contribution in [1.29, 1.82) is 0 Å². The third-order valence-electron chi connectivity index (χ3n) is 5.39. The summed E-state index contributed by atoms with van der Waals surface area (Å²) in [6.45, 7) is 3.87. The van der Waals surface area contributed by atoms with Gasteiger partial charge in [-0.3, -0.25) is 8.67 Å². The molecule has 2 aromatic rings. The molecule has 1 aliphatic rings. The van der Waals surface area contributed by atoms with Gasteiger partial charge in [0.1, 0.15) is 11.4 Å². The second kappa shape index (κ2) is 7.91. The predicted molar refractivity (Wildman–Crippen MR) is 107 cm³/mol. The van der Waals surface area contributed by atoms with Gasteiger partial charge in [0.05, 0.1) is 25.4 Å². The summed E-state index contributed by atoms with van der Waals surface area (Å²) in [5, 5.41) is 0. The van der Waals surface area contributed by atoms with Gasteiger partial charge in [0.25, 0.3) is 10.1 Å². The summed E-state index contributed by atoms with van der Waals surface area (Å²) >= 11 is 0. The summed E-state index contributed by atoms with van der Waals surface area (Å²) < 4.78 is 29.6. The maximum absolute atomic E-state index is 11.7. The van der Waals surface area contributed by atoms with Crippen LogP contribution in [0.1, 0.15) is 26.2 Å². The number of rotatable bonds is 6. The minimum atomic E-state index is -3.46. The van der Waals surface area contributed by atoms with Crippen LogP contribution < -0.4 is 4.48 Å². The molecule has 0 bridgehead atoms. The minimum Gasteiger partial charge on any atom is -0.266 e. The lowest BCUT2D eigenvalue weighted by Crippen LogP contribution is -2.54. The van der Waals surface area contributed by atoms with Crippen molar-refractivity contribution in [3.8, 4) is 0 Å². The van der Waals surface area contributed by atoms with Crippen molar-refractivity contribution < 1.29 is 12.6 Å². The fourth-order valence-corrected chi connectivity index (χ4v) is 5.00. The lowest BCUT2D eigenvalue weighted by atomic mass is 9.88. The number of piperidine rings is 1. The van der Waals surface area contributed by atoms with Crippen LogP contribution >= 0.6 is 0 Å². The molecule has 140 valence electrons. The Morgan fingerprint density at radius 1 is 1.04 bits per heavy atom. The number of quaternary nitrogens is 1. The van der Waals surface area contributed by atoms with Crippen LogP contribution in [0, 0.1) is 5.92 Å². The summed E-state index contributed by atoms with van der Waals surface area (Å²) in [4.78, 5) is 0. The Bertz CT molecular complexity index is 766. The Kier molecular flexibility index (Phi) is 5.80. The van der Waals surface area contributed by atoms with Crippen LogP contribution in [0.25, 0.3) is 0 Å². The van der Waals surface area contributed by atoms with E-state index >= 15 is 0 Å². The summed E-state index contributed by atoms with van der Waals surface area (Å²) in [5.41, 5.74) is 2.50. The Morgan fingerprint density at radius 3 is 2.04 bits per heavy atom. The van der Waals surface area contributed by atoms with Crippen LogP contribution in [-0.2, 0) is 14.3 Å². The molecule has 0 aliphatic carbocycles. The SMILES string of the molecule is CCC(OS(C)(=O)=O)C1CCC[N+](c2ccccc2)(c2ccccc2)C1. The van der Waals surface area contributed by atoms with E-state index in [1.165, 1.54) is 11.4 Å².